The first-order valence-corrected chi connectivity index (χ1v) is 12.9. The molecule has 0 radical (unpaired) electrons. The van der Waals surface area contributed by atoms with Crippen LogP contribution in [0, 0.1) is 5.92 Å². The van der Waals surface area contributed by atoms with Crippen molar-refractivity contribution in [3.63, 3.8) is 0 Å². The molecule has 1 aliphatic heterocycles. The Morgan fingerprint density at radius 1 is 1.03 bits per heavy atom. The molecular weight excluding hydrogens is 482 g/mol. The number of likely N-dealkylation sites (N-methyl/N-ethyl adjacent to an activating group) is 2. The molecule has 196 valence electrons. The van der Waals surface area contributed by atoms with Gasteiger partial charge in [-0.05, 0) is 36.1 Å². The molecule has 38 heavy (non-hydrogen) atoms. The highest BCUT2D eigenvalue weighted by Gasteiger charge is 2.32. The third-order valence-electron chi connectivity index (χ3n) is 6.96. The molecule has 4 aromatic rings. The predicted molar refractivity (Wildman–Crippen MR) is 144 cm³/mol. The summed E-state index contributed by atoms with van der Waals surface area (Å²) in [5.74, 6) is 3.16. The van der Waals surface area contributed by atoms with Gasteiger partial charge in [-0.3, -0.25) is 4.79 Å². The third-order valence-corrected chi connectivity index (χ3v) is 6.96. The van der Waals surface area contributed by atoms with Crippen LogP contribution in [0.5, 0.6) is 11.5 Å². The lowest BCUT2D eigenvalue weighted by molar-refractivity contribution is -0.131. The Morgan fingerprint density at radius 3 is 2.66 bits per heavy atom. The van der Waals surface area contributed by atoms with Crippen molar-refractivity contribution in [2.75, 3.05) is 44.2 Å². The van der Waals surface area contributed by atoms with E-state index in [2.05, 4.69) is 22.4 Å². The number of ether oxygens (including phenoxy) is 2. The minimum absolute atomic E-state index is 0.206. The standard InChI is InChI=1S/C28H31N7O3/c1-33(27(36)21-9-10-21)12-13-34(2)28-31-25(29-15-20-8-11-22-23(14-20)38-18-37-22)24-26(32-28)35(17-30-24)16-19-6-4-3-5-7-19/h3-8,11,14,17,21H,9-10,12-13,15-16,18H2,1-2H3,(H,29,31,32). The fourth-order valence-electron chi connectivity index (χ4n) is 4.51. The van der Waals surface area contributed by atoms with Crippen LogP contribution in [0.3, 0.4) is 0 Å². The van der Waals surface area contributed by atoms with Gasteiger partial charge in [0.25, 0.3) is 0 Å². The highest BCUT2D eigenvalue weighted by atomic mass is 16.7. The molecule has 0 atom stereocenters. The summed E-state index contributed by atoms with van der Waals surface area (Å²) < 4.78 is 13.0. The number of anilines is 2. The first-order chi connectivity index (χ1) is 18.5. The van der Waals surface area contributed by atoms with Crippen molar-refractivity contribution < 1.29 is 14.3 Å². The van der Waals surface area contributed by atoms with Gasteiger partial charge in [0.15, 0.2) is 28.5 Å². The van der Waals surface area contributed by atoms with Crippen LogP contribution in [-0.2, 0) is 17.9 Å². The fourth-order valence-corrected chi connectivity index (χ4v) is 4.51. The van der Waals surface area contributed by atoms with Gasteiger partial charge in [-0.15, -0.1) is 0 Å². The summed E-state index contributed by atoms with van der Waals surface area (Å²) in [7, 11) is 3.82. The van der Waals surface area contributed by atoms with Crippen molar-refractivity contribution in [1.82, 2.24) is 24.4 Å². The van der Waals surface area contributed by atoms with Crippen molar-refractivity contribution in [1.29, 1.82) is 0 Å². The van der Waals surface area contributed by atoms with E-state index >= 15 is 0 Å². The molecule has 3 heterocycles. The lowest BCUT2D eigenvalue weighted by atomic mass is 10.2. The summed E-state index contributed by atoms with van der Waals surface area (Å²) in [6, 6.07) is 16.1. The fraction of sp³-hybridized carbons (Fsp3) is 0.357. The van der Waals surface area contributed by atoms with Crippen LogP contribution in [-0.4, -0.2) is 64.3 Å². The van der Waals surface area contributed by atoms with Crippen molar-refractivity contribution in [3.05, 3.63) is 66.0 Å². The second kappa shape index (κ2) is 10.2. The van der Waals surface area contributed by atoms with Crippen molar-refractivity contribution >= 4 is 28.8 Å². The molecule has 2 aromatic heterocycles. The van der Waals surface area contributed by atoms with Gasteiger partial charge in [0.2, 0.25) is 18.6 Å². The van der Waals surface area contributed by atoms with Crippen molar-refractivity contribution in [2.45, 2.75) is 25.9 Å². The second-order valence-corrected chi connectivity index (χ2v) is 9.90. The normalized spacial score (nSPS) is 14.1. The molecular formula is C28H31N7O3. The van der Waals surface area contributed by atoms with Gasteiger partial charge < -0.3 is 29.2 Å². The minimum Gasteiger partial charge on any atom is -0.454 e. The number of carbonyl (C=O) groups excluding carboxylic acids is 1. The summed E-state index contributed by atoms with van der Waals surface area (Å²) in [5, 5.41) is 3.46. The third kappa shape index (κ3) is 5.06. The van der Waals surface area contributed by atoms with Crippen LogP contribution in [0.4, 0.5) is 11.8 Å². The van der Waals surface area contributed by atoms with Gasteiger partial charge in [0.1, 0.15) is 0 Å². The lowest BCUT2D eigenvalue weighted by Crippen LogP contribution is -2.36. The first-order valence-electron chi connectivity index (χ1n) is 12.9. The lowest BCUT2D eigenvalue weighted by Gasteiger charge is -2.23. The van der Waals surface area contributed by atoms with Crippen molar-refractivity contribution in [2.24, 2.45) is 5.92 Å². The van der Waals surface area contributed by atoms with Crippen LogP contribution in [0.1, 0.15) is 24.0 Å². The number of hydrogen-bond donors (Lipinski definition) is 1. The summed E-state index contributed by atoms with van der Waals surface area (Å²) in [5.41, 5.74) is 3.66. The number of carbonyl (C=O) groups is 1. The molecule has 0 spiro atoms. The Kier molecular flexibility index (Phi) is 6.45. The summed E-state index contributed by atoms with van der Waals surface area (Å²) in [4.78, 5) is 30.6. The number of hydrogen-bond acceptors (Lipinski definition) is 8. The van der Waals surface area contributed by atoms with E-state index in [1.807, 2.05) is 71.2 Å². The molecule has 1 amide bonds. The number of benzene rings is 2. The van der Waals surface area contributed by atoms with Crippen LogP contribution >= 0.6 is 0 Å². The molecule has 1 saturated carbocycles. The van der Waals surface area contributed by atoms with E-state index in [4.69, 9.17) is 19.4 Å². The van der Waals surface area contributed by atoms with Crippen molar-refractivity contribution in [3.8, 4) is 11.5 Å². The molecule has 1 N–H and O–H groups in total. The van der Waals surface area contributed by atoms with E-state index < -0.39 is 0 Å². The van der Waals surface area contributed by atoms with Crippen LogP contribution in [0.15, 0.2) is 54.9 Å². The molecule has 10 nitrogen and oxygen atoms in total. The molecule has 0 saturated heterocycles. The van der Waals surface area contributed by atoms with Gasteiger partial charge >= 0.3 is 0 Å². The topological polar surface area (TPSA) is 97.6 Å². The van der Waals surface area contributed by atoms with E-state index in [1.54, 1.807) is 0 Å². The number of aromatic nitrogens is 4. The first kappa shape index (κ1) is 24.0. The van der Waals surface area contributed by atoms with E-state index in [1.165, 1.54) is 0 Å². The highest BCUT2D eigenvalue weighted by Crippen LogP contribution is 2.33. The summed E-state index contributed by atoms with van der Waals surface area (Å²) in [6.45, 7) is 2.66. The zero-order chi connectivity index (χ0) is 26.1. The monoisotopic (exact) mass is 513 g/mol. The maximum Gasteiger partial charge on any atom is 0.231 e. The molecule has 2 aliphatic rings. The second-order valence-electron chi connectivity index (χ2n) is 9.90. The Balaban J connectivity index is 1.26. The SMILES string of the molecule is CN(CCN(C)c1nc(NCc2ccc3c(c2)OCO3)c2ncn(Cc3ccccc3)c2n1)C(=O)C1CC1. The summed E-state index contributed by atoms with van der Waals surface area (Å²) >= 11 is 0. The Labute approximate surface area is 221 Å². The number of amides is 1. The van der Waals surface area contributed by atoms with E-state index in [0.29, 0.717) is 43.5 Å². The smallest absolute Gasteiger partial charge is 0.231 e. The number of rotatable bonds is 10. The van der Waals surface area contributed by atoms with Crippen LogP contribution in [0.2, 0.25) is 0 Å². The number of nitrogens with one attached hydrogen (secondary N) is 1. The Bertz CT molecular complexity index is 1450. The quantitative estimate of drug-likeness (QED) is 0.344. The Morgan fingerprint density at radius 2 is 1.84 bits per heavy atom. The van der Waals surface area contributed by atoms with Gasteiger partial charge in [-0.1, -0.05) is 36.4 Å². The van der Waals surface area contributed by atoms with Gasteiger partial charge in [-0.2, -0.15) is 9.97 Å². The van der Waals surface area contributed by atoms with Crippen LogP contribution in [0.25, 0.3) is 11.2 Å². The number of imidazole rings is 1. The summed E-state index contributed by atoms with van der Waals surface area (Å²) in [6.07, 6.45) is 3.81. The van der Waals surface area contributed by atoms with Crippen LogP contribution < -0.4 is 19.7 Å². The maximum atomic E-state index is 12.4. The maximum absolute atomic E-state index is 12.4. The largest absolute Gasteiger partial charge is 0.454 e. The number of fused-ring (bicyclic) bond motifs is 2. The zero-order valence-corrected chi connectivity index (χ0v) is 21.6. The highest BCUT2D eigenvalue weighted by molar-refractivity contribution is 5.84. The minimum atomic E-state index is 0.206. The van der Waals surface area contributed by atoms with Gasteiger partial charge in [-0.25, -0.2) is 4.98 Å². The van der Waals surface area contributed by atoms with Gasteiger partial charge in [0.05, 0.1) is 12.9 Å². The Hall–Kier alpha value is -4.34. The number of nitrogens with zero attached hydrogens (tertiary/aromatic N) is 6. The molecule has 6 rings (SSSR count). The van der Waals surface area contributed by atoms with Gasteiger partial charge in [0, 0.05) is 39.6 Å². The molecule has 0 bridgehead atoms. The molecule has 1 fully saturated rings. The van der Waals surface area contributed by atoms with E-state index in [9.17, 15) is 4.79 Å². The van der Waals surface area contributed by atoms with E-state index in [-0.39, 0.29) is 18.6 Å². The zero-order valence-electron chi connectivity index (χ0n) is 21.6. The van der Waals surface area contributed by atoms with E-state index in [0.717, 1.165) is 41.1 Å². The molecule has 0 unspecified atom stereocenters. The molecule has 1 aliphatic carbocycles. The molecule has 10 heteroatoms. The average Bonchev–Trinajstić information content (AvgIpc) is 3.56. The predicted octanol–water partition coefficient (Wildman–Crippen LogP) is 3.52. The molecule has 2 aromatic carbocycles. The average molecular weight is 514 g/mol.